The number of likely N-dealkylation sites (tertiary alicyclic amines) is 1. The predicted molar refractivity (Wildman–Crippen MR) is 88.5 cm³/mol. The monoisotopic (exact) mass is 335 g/mol. The van der Waals surface area contributed by atoms with Gasteiger partial charge in [0.15, 0.2) is 0 Å². The maximum Gasteiger partial charge on any atom is 0.303 e. The van der Waals surface area contributed by atoms with Crippen molar-refractivity contribution >= 4 is 23.5 Å². The number of hydrogen-bond donors (Lipinski definition) is 1. The van der Waals surface area contributed by atoms with Gasteiger partial charge in [-0.1, -0.05) is 23.7 Å². The maximum atomic E-state index is 12.7. The zero-order valence-electron chi connectivity index (χ0n) is 13.1. The zero-order chi connectivity index (χ0) is 16.4. The summed E-state index contributed by atoms with van der Waals surface area (Å²) in [5.74, 6) is 0.230. The number of amides is 1. The van der Waals surface area contributed by atoms with E-state index in [0.29, 0.717) is 18.3 Å². The summed E-state index contributed by atoms with van der Waals surface area (Å²) in [4.78, 5) is 25.3. The Morgan fingerprint density at radius 2 is 2.00 bits per heavy atom. The Morgan fingerprint density at radius 3 is 2.70 bits per heavy atom. The number of rotatable bonds is 5. The Balaban J connectivity index is 1.54. The lowest BCUT2D eigenvalue weighted by atomic mass is 9.93. The van der Waals surface area contributed by atoms with Crippen LogP contribution in [0.2, 0.25) is 5.02 Å². The van der Waals surface area contributed by atoms with E-state index in [-0.39, 0.29) is 18.2 Å². The van der Waals surface area contributed by atoms with E-state index in [0.717, 1.165) is 37.4 Å². The topological polar surface area (TPSA) is 57.6 Å². The molecule has 0 radical (unpaired) electrons. The molecule has 1 aliphatic carbocycles. The van der Waals surface area contributed by atoms with Gasteiger partial charge in [0.25, 0.3) is 0 Å². The third kappa shape index (κ3) is 4.05. The van der Waals surface area contributed by atoms with Crippen molar-refractivity contribution in [1.29, 1.82) is 0 Å². The van der Waals surface area contributed by atoms with Crippen molar-refractivity contribution in [2.75, 3.05) is 13.1 Å². The summed E-state index contributed by atoms with van der Waals surface area (Å²) < 4.78 is 0. The van der Waals surface area contributed by atoms with Crippen molar-refractivity contribution in [2.24, 2.45) is 11.8 Å². The number of carboxylic acids is 1. The Hall–Kier alpha value is -1.55. The molecule has 124 valence electrons. The lowest BCUT2D eigenvalue weighted by Crippen LogP contribution is -2.41. The minimum Gasteiger partial charge on any atom is -0.481 e. The first kappa shape index (κ1) is 16.3. The van der Waals surface area contributed by atoms with Crippen LogP contribution in [0.4, 0.5) is 0 Å². The van der Waals surface area contributed by atoms with Gasteiger partial charge in [-0.2, -0.15) is 0 Å². The van der Waals surface area contributed by atoms with Gasteiger partial charge in [0, 0.05) is 30.5 Å². The van der Waals surface area contributed by atoms with Gasteiger partial charge in [0.2, 0.25) is 5.91 Å². The molecule has 5 heteroatoms. The number of carbonyl (C=O) groups is 2. The summed E-state index contributed by atoms with van der Waals surface area (Å²) in [6.45, 7) is 1.53. The molecule has 23 heavy (non-hydrogen) atoms. The van der Waals surface area contributed by atoms with Crippen LogP contribution in [0.1, 0.15) is 43.6 Å². The molecule has 0 spiro atoms. The van der Waals surface area contributed by atoms with E-state index in [2.05, 4.69) is 0 Å². The van der Waals surface area contributed by atoms with Crippen molar-refractivity contribution in [3.8, 4) is 0 Å². The molecule has 2 fully saturated rings. The fourth-order valence-corrected chi connectivity index (χ4v) is 3.74. The second-order valence-electron chi connectivity index (χ2n) is 6.73. The average Bonchev–Trinajstić information content (AvgIpc) is 3.34. The highest BCUT2D eigenvalue weighted by molar-refractivity contribution is 6.30. The first-order valence-electron chi connectivity index (χ1n) is 8.30. The van der Waals surface area contributed by atoms with E-state index in [1.54, 1.807) is 0 Å². The molecular weight excluding hydrogens is 314 g/mol. The average molecular weight is 336 g/mol. The van der Waals surface area contributed by atoms with Crippen LogP contribution in [0.3, 0.4) is 0 Å². The molecule has 0 bridgehead atoms. The molecule has 4 nitrogen and oxygen atoms in total. The van der Waals surface area contributed by atoms with Gasteiger partial charge in [-0.05, 0) is 55.2 Å². The standard InChI is InChI=1S/C18H22ClNO3/c19-14-6-4-13(5-7-14)15-10-16(15)18(23)20-9-1-2-12(11-20)3-8-17(21)22/h4-7,12,15-16H,1-3,8-11H2,(H,21,22)/t12-,15-,16-/m0/s1. The Labute approximate surface area is 141 Å². The minimum absolute atomic E-state index is 0.0920. The van der Waals surface area contributed by atoms with Crippen LogP contribution < -0.4 is 0 Å². The van der Waals surface area contributed by atoms with Gasteiger partial charge in [-0.25, -0.2) is 0 Å². The molecule has 3 rings (SSSR count). The summed E-state index contributed by atoms with van der Waals surface area (Å²) in [6, 6.07) is 7.76. The molecule has 1 heterocycles. The molecule has 1 aromatic rings. The fourth-order valence-electron chi connectivity index (χ4n) is 3.61. The molecular formula is C18H22ClNO3. The number of carbonyl (C=O) groups excluding carboxylic acids is 1. The number of nitrogens with zero attached hydrogens (tertiary/aromatic N) is 1. The van der Waals surface area contributed by atoms with Crippen LogP contribution in [-0.2, 0) is 9.59 Å². The fraction of sp³-hybridized carbons (Fsp3) is 0.556. The first-order valence-corrected chi connectivity index (χ1v) is 8.68. The van der Waals surface area contributed by atoms with Crippen LogP contribution in [0, 0.1) is 11.8 Å². The van der Waals surface area contributed by atoms with E-state index < -0.39 is 5.97 Å². The third-order valence-corrected chi connectivity index (χ3v) is 5.25. The molecule has 1 N–H and O–H groups in total. The molecule has 1 aliphatic heterocycles. The van der Waals surface area contributed by atoms with Crippen LogP contribution >= 0.6 is 11.6 Å². The van der Waals surface area contributed by atoms with Gasteiger partial charge in [-0.3, -0.25) is 9.59 Å². The normalized spacial score (nSPS) is 26.8. The molecule has 1 amide bonds. The van der Waals surface area contributed by atoms with Crippen molar-refractivity contribution < 1.29 is 14.7 Å². The largest absolute Gasteiger partial charge is 0.481 e. The molecule has 2 aliphatic rings. The molecule has 0 unspecified atom stereocenters. The minimum atomic E-state index is -0.751. The number of piperidine rings is 1. The second kappa shape index (κ2) is 6.91. The van der Waals surface area contributed by atoms with Crippen molar-refractivity contribution in [1.82, 2.24) is 4.90 Å². The summed E-state index contributed by atoms with van der Waals surface area (Å²) >= 11 is 5.91. The number of halogens is 1. The maximum absolute atomic E-state index is 12.7. The number of aliphatic carboxylic acids is 1. The number of benzene rings is 1. The van der Waals surface area contributed by atoms with Crippen LogP contribution in [0.25, 0.3) is 0 Å². The van der Waals surface area contributed by atoms with E-state index in [1.807, 2.05) is 29.2 Å². The second-order valence-corrected chi connectivity index (χ2v) is 7.16. The molecule has 3 atom stereocenters. The first-order chi connectivity index (χ1) is 11.0. The molecule has 1 saturated carbocycles. The van der Waals surface area contributed by atoms with Crippen molar-refractivity contribution in [3.63, 3.8) is 0 Å². The summed E-state index contributed by atoms with van der Waals surface area (Å²) in [7, 11) is 0. The smallest absolute Gasteiger partial charge is 0.303 e. The zero-order valence-corrected chi connectivity index (χ0v) is 13.8. The van der Waals surface area contributed by atoms with Crippen molar-refractivity contribution in [2.45, 2.75) is 38.0 Å². The summed E-state index contributed by atoms with van der Waals surface area (Å²) in [5.41, 5.74) is 1.19. The summed E-state index contributed by atoms with van der Waals surface area (Å²) in [5, 5.41) is 9.52. The van der Waals surface area contributed by atoms with Gasteiger partial charge in [-0.15, -0.1) is 0 Å². The van der Waals surface area contributed by atoms with Gasteiger partial charge in [0.1, 0.15) is 0 Å². The molecule has 1 aromatic carbocycles. The van der Waals surface area contributed by atoms with Gasteiger partial charge in [0.05, 0.1) is 0 Å². The highest BCUT2D eigenvalue weighted by Crippen LogP contribution is 2.49. The number of carboxylic acid groups (broad SMARTS) is 1. The third-order valence-electron chi connectivity index (χ3n) is 5.00. The van der Waals surface area contributed by atoms with Crippen LogP contribution in [0.5, 0.6) is 0 Å². The van der Waals surface area contributed by atoms with E-state index in [9.17, 15) is 9.59 Å². The SMILES string of the molecule is O=C(O)CC[C@@H]1CCCN(C(=O)[C@H]2C[C@H]2c2ccc(Cl)cc2)C1. The highest BCUT2D eigenvalue weighted by atomic mass is 35.5. The molecule has 1 saturated heterocycles. The van der Waals surface area contributed by atoms with Crippen molar-refractivity contribution in [3.05, 3.63) is 34.9 Å². The molecule has 0 aromatic heterocycles. The van der Waals surface area contributed by atoms with Crippen LogP contribution in [0.15, 0.2) is 24.3 Å². The highest BCUT2D eigenvalue weighted by Gasteiger charge is 2.46. The van der Waals surface area contributed by atoms with Crippen LogP contribution in [-0.4, -0.2) is 35.0 Å². The van der Waals surface area contributed by atoms with E-state index in [1.165, 1.54) is 5.56 Å². The lowest BCUT2D eigenvalue weighted by molar-refractivity contribution is -0.137. The predicted octanol–water partition coefficient (Wildman–Crippen LogP) is 3.55. The van der Waals surface area contributed by atoms with E-state index in [4.69, 9.17) is 16.7 Å². The Morgan fingerprint density at radius 1 is 1.26 bits per heavy atom. The van der Waals surface area contributed by atoms with Gasteiger partial charge >= 0.3 is 5.97 Å². The Bertz CT molecular complexity index is 586. The Kier molecular flexibility index (Phi) is 4.90. The summed E-state index contributed by atoms with van der Waals surface area (Å²) in [6.07, 6.45) is 3.79. The van der Waals surface area contributed by atoms with Gasteiger partial charge < -0.3 is 10.0 Å². The quantitative estimate of drug-likeness (QED) is 0.895. The lowest BCUT2D eigenvalue weighted by Gasteiger charge is -2.33. The van der Waals surface area contributed by atoms with E-state index >= 15 is 0 Å². The number of hydrogen-bond acceptors (Lipinski definition) is 2.